The number of aliphatic hydroxyl groups is 2. The highest BCUT2D eigenvalue weighted by molar-refractivity contribution is 6.58. The van der Waals surface area contributed by atoms with Gasteiger partial charge >= 0.3 is 7.12 Å². The number of phenols is 1. The van der Waals surface area contributed by atoms with E-state index in [1.807, 2.05) is 36.4 Å². The molecule has 0 aromatic heterocycles. The molecule has 1 aliphatic carbocycles. The molecule has 46 heavy (non-hydrogen) atoms. The van der Waals surface area contributed by atoms with Gasteiger partial charge in [-0.25, -0.2) is 0 Å². The minimum Gasteiger partial charge on any atom is -0.507 e. The van der Waals surface area contributed by atoms with Crippen LogP contribution in [-0.4, -0.2) is 63.6 Å². The van der Waals surface area contributed by atoms with Crippen LogP contribution in [0, 0.1) is 17.8 Å². The minimum atomic E-state index is -1.78. The number of allylic oxidation sites excluding steroid dienone is 1. The smallest absolute Gasteiger partial charge is 0.488 e. The van der Waals surface area contributed by atoms with Crippen molar-refractivity contribution in [2.45, 2.75) is 45.1 Å². The average Bonchev–Trinajstić information content (AvgIpc) is 3.31. The van der Waals surface area contributed by atoms with E-state index < -0.39 is 49.4 Å². The van der Waals surface area contributed by atoms with E-state index in [4.69, 9.17) is 4.74 Å². The monoisotopic (exact) mass is 625 g/mol. The maximum absolute atomic E-state index is 13.9. The van der Waals surface area contributed by atoms with Crippen LogP contribution in [0.4, 0.5) is 5.69 Å². The highest BCUT2D eigenvalue weighted by Crippen LogP contribution is 2.47. The molecule has 0 spiro atoms. The van der Waals surface area contributed by atoms with Crippen LogP contribution in [-0.2, 0) is 9.59 Å². The van der Waals surface area contributed by atoms with Crippen LogP contribution in [0.25, 0.3) is 6.08 Å². The number of ether oxygens (including phenoxy) is 1. The van der Waals surface area contributed by atoms with E-state index in [0.717, 1.165) is 23.3 Å². The number of hydrogen-bond acceptors (Lipinski definition) is 8. The fourth-order valence-corrected chi connectivity index (χ4v) is 6.76. The van der Waals surface area contributed by atoms with Gasteiger partial charge in [-0.1, -0.05) is 73.5 Å². The first-order valence-corrected chi connectivity index (χ1v) is 15.7. The Morgan fingerprint density at radius 1 is 1.00 bits per heavy atom. The number of phenolic OH excluding ortho intramolecular Hbond substituents is 1. The molecule has 4 atom stereocenters. The maximum Gasteiger partial charge on any atom is 0.488 e. The summed E-state index contributed by atoms with van der Waals surface area (Å²) < 4.78 is 6.08. The molecule has 0 saturated carbocycles. The summed E-state index contributed by atoms with van der Waals surface area (Å²) in [4.78, 5) is 28.8. The summed E-state index contributed by atoms with van der Waals surface area (Å²) in [5.74, 6) is -2.68. The number of para-hydroxylation sites is 2. The average molecular weight is 626 g/mol. The molecule has 2 amide bonds. The van der Waals surface area contributed by atoms with Crippen molar-refractivity contribution in [3.8, 4) is 11.5 Å². The Balaban J connectivity index is 1.47. The molecule has 240 valence electrons. The second-order valence-corrected chi connectivity index (χ2v) is 11.9. The van der Waals surface area contributed by atoms with E-state index in [1.54, 1.807) is 36.4 Å². The Hall–Kier alpha value is -4.22. The number of aromatic hydroxyl groups is 1. The number of imide groups is 1. The largest absolute Gasteiger partial charge is 0.507 e. The third-order valence-corrected chi connectivity index (χ3v) is 8.93. The molecule has 0 unspecified atom stereocenters. The lowest BCUT2D eigenvalue weighted by Gasteiger charge is -2.36. The maximum atomic E-state index is 13.9. The van der Waals surface area contributed by atoms with E-state index in [0.29, 0.717) is 35.3 Å². The molecule has 2 aliphatic rings. The van der Waals surface area contributed by atoms with Crippen LogP contribution in [0.15, 0.2) is 95.6 Å². The summed E-state index contributed by atoms with van der Waals surface area (Å²) in [5.41, 5.74) is 3.27. The van der Waals surface area contributed by atoms with Crippen molar-refractivity contribution >= 4 is 36.2 Å². The van der Waals surface area contributed by atoms with Crippen molar-refractivity contribution in [1.29, 1.82) is 0 Å². The lowest BCUT2D eigenvalue weighted by Crippen LogP contribution is -2.40. The molecule has 9 nitrogen and oxygen atoms in total. The van der Waals surface area contributed by atoms with Crippen molar-refractivity contribution < 1.29 is 39.7 Å². The molecular weight excluding hydrogens is 585 g/mol. The van der Waals surface area contributed by atoms with Crippen molar-refractivity contribution in [1.82, 2.24) is 0 Å². The molecule has 10 heteroatoms. The number of benzene rings is 3. The molecular formula is C36H40BNO8. The van der Waals surface area contributed by atoms with Gasteiger partial charge in [0.15, 0.2) is 0 Å². The third-order valence-electron chi connectivity index (χ3n) is 8.93. The van der Waals surface area contributed by atoms with E-state index in [2.05, 4.69) is 6.92 Å². The number of anilines is 1. The van der Waals surface area contributed by atoms with E-state index in [1.165, 1.54) is 12.1 Å². The Kier molecular flexibility index (Phi) is 10.8. The van der Waals surface area contributed by atoms with Crippen LogP contribution in [0.3, 0.4) is 0 Å². The van der Waals surface area contributed by atoms with Gasteiger partial charge in [0.05, 0.1) is 30.2 Å². The zero-order valence-electron chi connectivity index (χ0n) is 25.8. The number of nitrogens with zero attached hydrogens (tertiary/aromatic N) is 1. The van der Waals surface area contributed by atoms with E-state index in [-0.39, 0.29) is 29.9 Å². The molecule has 1 fully saturated rings. The molecule has 1 heterocycles. The highest BCUT2D eigenvalue weighted by Gasteiger charge is 2.55. The van der Waals surface area contributed by atoms with Crippen molar-refractivity contribution in [2.24, 2.45) is 17.8 Å². The van der Waals surface area contributed by atoms with Gasteiger partial charge in [0.25, 0.3) is 0 Å². The number of aliphatic hydroxyl groups excluding tert-OH is 2. The molecule has 0 radical (unpaired) electrons. The highest BCUT2D eigenvalue weighted by atomic mass is 16.5. The van der Waals surface area contributed by atoms with E-state index >= 15 is 0 Å². The molecule has 1 aliphatic heterocycles. The van der Waals surface area contributed by atoms with Gasteiger partial charge in [0.1, 0.15) is 18.1 Å². The number of rotatable bonds is 13. The summed E-state index contributed by atoms with van der Waals surface area (Å²) in [6, 6.07) is 22.2. The fraction of sp³-hybridized carbons (Fsp3) is 0.333. The Bertz CT molecular complexity index is 1600. The van der Waals surface area contributed by atoms with Crippen LogP contribution < -0.4 is 15.1 Å². The third kappa shape index (κ3) is 7.10. The molecule has 3 aromatic rings. The van der Waals surface area contributed by atoms with Gasteiger partial charge in [-0.3, -0.25) is 14.5 Å². The topological polar surface area (TPSA) is 148 Å². The van der Waals surface area contributed by atoms with Crippen molar-refractivity contribution in [2.75, 3.05) is 18.1 Å². The number of carbonyl (C=O) groups is 2. The predicted molar refractivity (Wildman–Crippen MR) is 176 cm³/mol. The zero-order valence-corrected chi connectivity index (χ0v) is 25.8. The fourth-order valence-electron chi connectivity index (χ4n) is 6.76. The summed E-state index contributed by atoms with van der Waals surface area (Å²) >= 11 is 0. The number of amides is 2. The number of carbonyl (C=O) groups excluding carboxylic acids is 2. The molecule has 5 rings (SSSR count). The summed E-state index contributed by atoms with van der Waals surface area (Å²) in [6.07, 6.45) is 3.54. The van der Waals surface area contributed by atoms with Gasteiger partial charge in [-0.05, 0) is 72.6 Å². The minimum absolute atomic E-state index is 0.0688. The lowest BCUT2D eigenvalue weighted by atomic mass is 9.68. The Labute approximate surface area is 269 Å². The van der Waals surface area contributed by atoms with Crippen LogP contribution in [0.5, 0.6) is 11.5 Å². The summed E-state index contributed by atoms with van der Waals surface area (Å²) in [6.45, 7) is 1.67. The predicted octanol–water partition coefficient (Wildman–Crippen LogP) is 3.59. The summed E-state index contributed by atoms with van der Waals surface area (Å²) in [7, 11) is -1.78. The standard InChI is InChI=1S/C36H40BNO8/c1-2-9-23(18-24-10-6-7-15-31(24)40)16-17-32(41)33-25(22-46-28-13-4-3-5-14-28)19-29-34(30(33)21-39)36(43)38(35(29)42)27-12-8-11-26(20-27)37(44)45/h3-8,10-15,18,20,29-30,32,34,39-41,44-45H,2,9,16-17,19,21-22H2,1H3/b23-18+/t29-,30+,32-,34-/m1/s1. The number of fused-ring (bicyclic) bond motifs is 1. The zero-order chi connectivity index (χ0) is 32.8. The van der Waals surface area contributed by atoms with Crippen LogP contribution in [0.2, 0.25) is 0 Å². The van der Waals surface area contributed by atoms with Gasteiger partial charge in [-0.15, -0.1) is 0 Å². The summed E-state index contributed by atoms with van der Waals surface area (Å²) in [5, 5.41) is 52.2. The second-order valence-electron chi connectivity index (χ2n) is 11.9. The quantitative estimate of drug-likeness (QED) is 0.110. The van der Waals surface area contributed by atoms with Gasteiger partial charge in [0, 0.05) is 11.5 Å². The van der Waals surface area contributed by atoms with Crippen LogP contribution >= 0.6 is 0 Å². The first kappa shape index (κ1) is 33.2. The number of hydrogen-bond donors (Lipinski definition) is 5. The molecule has 5 N–H and O–H groups in total. The SMILES string of the molecule is CCC/C(=C\c1ccccc1O)CC[C@@H](O)C1=C(COc2ccccc2)C[C@H]2C(=O)N(c3cccc(B(O)O)c3)C(=O)[C@H]2[C@H]1CO. The normalized spacial score (nSPS) is 20.6. The van der Waals surface area contributed by atoms with Gasteiger partial charge < -0.3 is 30.1 Å². The molecule has 0 bridgehead atoms. The van der Waals surface area contributed by atoms with Crippen LogP contribution in [0.1, 0.15) is 44.6 Å². The van der Waals surface area contributed by atoms with Crippen molar-refractivity contribution in [3.05, 3.63) is 101 Å². The Morgan fingerprint density at radius 2 is 1.74 bits per heavy atom. The van der Waals surface area contributed by atoms with Gasteiger partial charge in [-0.2, -0.15) is 0 Å². The lowest BCUT2D eigenvalue weighted by molar-refractivity contribution is -0.123. The van der Waals surface area contributed by atoms with E-state index in [9.17, 15) is 35.0 Å². The van der Waals surface area contributed by atoms with Gasteiger partial charge in [0.2, 0.25) is 11.8 Å². The Morgan fingerprint density at radius 3 is 2.43 bits per heavy atom. The second kappa shape index (κ2) is 14.9. The first-order chi connectivity index (χ1) is 22.2. The molecule has 3 aromatic carbocycles. The van der Waals surface area contributed by atoms with Crippen molar-refractivity contribution in [3.63, 3.8) is 0 Å². The first-order valence-electron chi connectivity index (χ1n) is 15.7. The molecule has 1 saturated heterocycles.